The number of halogens is 1. The molecule has 1 saturated heterocycles. The molecule has 3 heterocycles. The Labute approximate surface area is 211 Å². The molecule has 35 heavy (non-hydrogen) atoms. The molecule has 0 aliphatic carbocycles. The van der Waals surface area contributed by atoms with Crippen LogP contribution in [0.4, 0.5) is 0 Å². The maximum atomic E-state index is 13.5. The Morgan fingerprint density at radius 3 is 2.66 bits per heavy atom. The summed E-state index contributed by atoms with van der Waals surface area (Å²) in [4.78, 5) is 20.6. The van der Waals surface area contributed by atoms with Crippen molar-refractivity contribution in [2.45, 2.75) is 38.1 Å². The number of nitrogens with one attached hydrogen (secondary N) is 1. The molecule has 0 bridgehead atoms. The first-order chi connectivity index (χ1) is 17.2. The fraction of sp³-hybridized carbons (Fsp3) is 0.310. The van der Waals surface area contributed by atoms with Gasteiger partial charge in [-0.1, -0.05) is 54.4 Å². The van der Waals surface area contributed by atoms with Crippen molar-refractivity contribution >= 4 is 40.4 Å². The fourth-order valence-electron chi connectivity index (χ4n) is 5.01. The molecule has 1 N–H and O–H groups in total. The van der Waals surface area contributed by atoms with Crippen molar-refractivity contribution in [2.24, 2.45) is 4.99 Å². The van der Waals surface area contributed by atoms with E-state index >= 15 is 0 Å². The summed E-state index contributed by atoms with van der Waals surface area (Å²) in [6.07, 6.45) is 15.5. The van der Waals surface area contributed by atoms with E-state index in [4.69, 9.17) is 11.6 Å². The maximum absolute atomic E-state index is 13.5. The SMILES string of the molecule is O=C(NCC(c1ccc(Cl)cc1)N1CCCCC1)c1cn(C2=C/CC/C=C/C=N\2)c2ccccc12. The number of hydrogen-bond acceptors (Lipinski definition) is 3. The van der Waals surface area contributed by atoms with Crippen LogP contribution < -0.4 is 5.32 Å². The van der Waals surface area contributed by atoms with Crippen LogP contribution in [-0.2, 0) is 0 Å². The third-order valence-corrected chi connectivity index (χ3v) is 7.09. The van der Waals surface area contributed by atoms with Gasteiger partial charge in [-0.15, -0.1) is 0 Å². The number of aromatic nitrogens is 1. The molecule has 6 heteroatoms. The highest BCUT2D eigenvalue weighted by atomic mass is 35.5. The van der Waals surface area contributed by atoms with Gasteiger partial charge in [0.25, 0.3) is 5.91 Å². The molecule has 1 unspecified atom stereocenters. The average molecular weight is 487 g/mol. The minimum atomic E-state index is -0.0637. The number of carbonyl (C=O) groups excluding carboxylic acids is 1. The molecule has 1 amide bonds. The molecule has 3 aromatic rings. The second kappa shape index (κ2) is 11.1. The number of benzene rings is 2. The predicted octanol–water partition coefficient (Wildman–Crippen LogP) is 6.47. The lowest BCUT2D eigenvalue weighted by atomic mass is 10.0. The van der Waals surface area contributed by atoms with Gasteiger partial charge in [-0.2, -0.15) is 0 Å². The summed E-state index contributed by atoms with van der Waals surface area (Å²) in [5.41, 5.74) is 2.83. The van der Waals surface area contributed by atoms with E-state index in [0.717, 1.165) is 47.7 Å². The molecule has 1 atom stereocenters. The van der Waals surface area contributed by atoms with Crippen LogP contribution in [0.25, 0.3) is 16.7 Å². The fourth-order valence-corrected chi connectivity index (χ4v) is 5.13. The van der Waals surface area contributed by atoms with Crippen LogP contribution in [0.5, 0.6) is 0 Å². The average Bonchev–Trinajstić information content (AvgIpc) is 3.25. The normalized spacial score (nSPS) is 20.9. The summed E-state index contributed by atoms with van der Waals surface area (Å²) in [6.45, 7) is 2.64. The summed E-state index contributed by atoms with van der Waals surface area (Å²) >= 11 is 6.15. The van der Waals surface area contributed by atoms with E-state index in [2.05, 4.69) is 39.5 Å². The van der Waals surface area contributed by atoms with E-state index in [1.807, 2.05) is 59.5 Å². The largest absolute Gasteiger partial charge is 0.350 e. The number of para-hydroxylation sites is 1. The van der Waals surface area contributed by atoms with Gasteiger partial charge in [-0.3, -0.25) is 9.69 Å². The smallest absolute Gasteiger partial charge is 0.253 e. The van der Waals surface area contributed by atoms with Crippen molar-refractivity contribution in [3.05, 3.63) is 89.1 Å². The number of likely N-dealkylation sites (tertiary alicyclic amines) is 1. The second-order valence-electron chi connectivity index (χ2n) is 9.15. The lowest BCUT2D eigenvalue weighted by Gasteiger charge is -2.35. The van der Waals surface area contributed by atoms with Crippen LogP contribution in [0.15, 0.2) is 77.9 Å². The Bertz CT molecular complexity index is 1270. The lowest BCUT2D eigenvalue weighted by molar-refractivity contribution is 0.0926. The van der Waals surface area contributed by atoms with Crippen molar-refractivity contribution in [3.8, 4) is 0 Å². The standard InChI is InChI=1S/C29H31ClN4O/c30-23-15-13-22(14-16-23)27(33-18-8-3-9-19-33)20-32-29(35)25-21-34(26-11-6-5-10-24(25)26)28-12-4-1-2-7-17-31-28/h2,5-7,10-17,21,27H,1,3-4,8-9,18-20H2,(H,32,35)/b7-2+,28-12+,31-17-. The Balaban J connectivity index is 1.41. The van der Waals surface area contributed by atoms with Crippen LogP contribution in [0.1, 0.15) is 54.1 Å². The zero-order valence-electron chi connectivity index (χ0n) is 19.9. The van der Waals surface area contributed by atoms with Gasteiger partial charge >= 0.3 is 0 Å². The van der Waals surface area contributed by atoms with E-state index in [1.54, 1.807) is 0 Å². The van der Waals surface area contributed by atoms with Gasteiger partial charge in [0.1, 0.15) is 5.82 Å². The number of fused-ring (bicyclic) bond motifs is 1. The summed E-state index contributed by atoms with van der Waals surface area (Å²) in [5, 5.41) is 4.90. The van der Waals surface area contributed by atoms with Gasteiger partial charge in [0, 0.05) is 29.4 Å². The first-order valence-electron chi connectivity index (χ1n) is 12.5. The van der Waals surface area contributed by atoms with Gasteiger partial charge in [0.15, 0.2) is 0 Å². The second-order valence-corrected chi connectivity index (χ2v) is 9.59. The molecule has 180 valence electrons. The molecule has 0 radical (unpaired) electrons. The number of carbonyl (C=O) groups is 1. The predicted molar refractivity (Wildman–Crippen MR) is 145 cm³/mol. The van der Waals surface area contributed by atoms with Crippen LogP contribution in [-0.4, -0.2) is 41.2 Å². The molecule has 5 nitrogen and oxygen atoms in total. The van der Waals surface area contributed by atoms with E-state index in [1.165, 1.54) is 24.8 Å². The number of rotatable bonds is 6. The highest BCUT2D eigenvalue weighted by molar-refractivity contribution is 6.30. The van der Waals surface area contributed by atoms with E-state index in [9.17, 15) is 4.79 Å². The van der Waals surface area contributed by atoms with Crippen LogP contribution in [0, 0.1) is 0 Å². The van der Waals surface area contributed by atoms with Gasteiger partial charge in [-0.25, -0.2) is 4.99 Å². The number of nitrogens with zero attached hydrogens (tertiary/aromatic N) is 3. The Kier molecular flexibility index (Phi) is 7.45. The van der Waals surface area contributed by atoms with Crippen molar-refractivity contribution in [2.75, 3.05) is 19.6 Å². The number of amides is 1. The molecule has 1 aromatic heterocycles. The molecule has 0 spiro atoms. The monoisotopic (exact) mass is 486 g/mol. The minimum Gasteiger partial charge on any atom is -0.350 e. The third kappa shape index (κ3) is 5.42. The Morgan fingerprint density at radius 1 is 1.03 bits per heavy atom. The highest BCUT2D eigenvalue weighted by Crippen LogP contribution is 2.28. The molecule has 1 fully saturated rings. The van der Waals surface area contributed by atoms with Crippen LogP contribution >= 0.6 is 11.6 Å². The molecule has 5 rings (SSSR count). The zero-order chi connectivity index (χ0) is 24.0. The van der Waals surface area contributed by atoms with Crippen LogP contribution in [0.2, 0.25) is 5.02 Å². The highest BCUT2D eigenvalue weighted by Gasteiger charge is 2.24. The zero-order valence-corrected chi connectivity index (χ0v) is 20.6. The number of allylic oxidation sites excluding steroid dienone is 3. The van der Waals surface area contributed by atoms with Crippen molar-refractivity contribution < 1.29 is 4.79 Å². The van der Waals surface area contributed by atoms with Crippen molar-refractivity contribution in [1.82, 2.24) is 14.8 Å². The van der Waals surface area contributed by atoms with Gasteiger partial charge in [0.2, 0.25) is 0 Å². The number of hydrogen-bond donors (Lipinski definition) is 1. The Morgan fingerprint density at radius 2 is 1.83 bits per heavy atom. The summed E-state index contributed by atoms with van der Waals surface area (Å²) < 4.78 is 2.03. The summed E-state index contributed by atoms with van der Waals surface area (Å²) in [5.74, 6) is 0.781. The van der Waals surface area contributed by atoms with E-state index in [-0.39, 0.29) is 11.9 Å². The van der Waals surface area contributed by atoms with E-state index in [0.29, 0.717) is 12.1 Å². The summed E-state index contributed by atoms with van der Waals surface area (Å²) in [6, 6.07) is 16.2. The first kappa shape index (κ1) is 23.6. The molecular formula is C29H31ClN4O. The number of piperidine rings is 1. The topological polar surface area (TPSA) is 49.6 Å². The van der Waals surface area contributed by atoms with Crippen molar-refractivity contribution in [3.63, 3.8) is 0 Å². The molecule has 2 aliphatic rings. The van der Waals surface area contributed by atoms with Gasteiger partial charge in [-0.05, 0) is 74.7 Å². The van der Waals surface area contributed by atoms with E-state index < -0.39 is 0 Å². The van der Waals surface area contributed by atoms with Gasteiger partial charge in [0.05, 0.1) is 17.1 Å². The molecule has 2 aromatic carbocycles. The summed E-state index contributed by atoms with van der Waals surface area (Å²) in [7, 11) is 0. The number of aliphatic imine (C=N–C) groups is 1. The van der Waals surface area contributed by atoms with Crippen LogP contribution in [0.3, 0.4) is 0 Å². The maximum Gasteiger partial charge on any atom is 0.253 e. The minimum absolute atomic E-state index is 0.0637. The molecule has 2 aliphatic heterocycles. The molecule has 0 saturated carbocycles. The van der Waals surface area contributed by atoms with Crippen molar-refractivity contribution in [1.29, 1.82) is 0 Å². The Hall–Kier alpha value is -3.15. The molecular weight excluding hydrogens is 456 g/mol. The quantitative estimate of drug-likeness (QED) is 0.434. The lowest BCUT2D eigenvalue weighted by Crippen LogP contribution is -2.40. The first-order valence-corrected chi connectivity index (χ1v) is 12.9. The van der Waals surface area contributed by atoms with Gasteiger partial charge < -0.3 is 9.88 Å². The third-order valence-electron chi connectivity index (χ3n) is 6.83.